The summed E-state index contributed by atoms with van der Waals surface area (Å²) >= 11 is 0. The van der Waals surface area contributed by atoms with Crippen molar-refractivity contribution in [2.75, 3.05) is 6.61 Å². The maximum atomic E-state index is 12.1. The maximum absolute atomic E-state index is 12.1. The zero-order valence-corrected chi connectivity index (χ0v) is 10.4. The van der Waals surface area contributed by atoms with Gasteiger partial charge in [-0.05, 0) is 24.8 Å². The molecule has 2 unspecified atom stereocenters. The second-order valence-corrected chi connectivity index (χ2v) is 4.92. The number of nitrogens with two attached hydrogens (primary N) is 1. The fourth-order valence-electron chi connectivity index (χ4n) is 2.46. The Hall–Kier alpha value is -1.39. The molecule has 1 aromatic rings. The van der Waals surface area contributed by atoms with Gasteiger partial charge in [0.15, 0.2) is 0 Å². The molecule has 0 aromatic heterocycles. The molecule has 1 amide bonds. The van der Waals surface area contributed by atoms with Crippen molar-refractivity contribution in [2.24, 2.45) is 11.7 Å². The van der Waals surface area contributed by atoms with Crippen LogP contribution in [0.4, 0.5) is 0 Å². The Morgan fingerprint density at radius 2 is 2.11 bits per heavy atom. The van der Waals surface area contributed by atoms with E-state index in [1.165, 1.54) is 0 Å². The summed E-state index contributed by atoms with van der Waals surface area (Å²) in [6, 6.07) is 9.34. The number of aliphatic hydroxyl groups is 1. The lowest BCUT2D eigenvalue weighted by Crippen LogP contribution is -2.35. The SMILES string of the molecule is NC1CCC(C(=O)N[C@@H](CO)c2ccccc2)C1. The molecule has 98 valence electrons. The summed E-state index contributed by atoms with van der Waals surface area (Å²) in [4.78, 5) is 12.1. The van der Waals surface area contributed by atoms with Crippen LogP contribution in [0.2, 0.25) is 0 Å². The van der Waals surface area contributed by atoms with Crippen molar-refractivity contribution in [1.82, 2.24) is 5.32 Å². The third kappa shape index (κ3) is 3.09. The van der Waals surface area contributed by atoms with Crippen LogP contribution in [0.15, 0.2) is 30.3 Å². The van der Waals surface area contributed by atoms with Crippen molar-refractivity contribution >= 4 is 5.91 Å². The van der Waals surface area contributed by atoms with E-state index < -0.39 is 0 Å². The van der Waals surface area contributed by atoms with Gasteiger partial charge in [-0.3, -0.25) is 4.79 Å². The third-order valence-corrected chi connectivity index (χ3v) is 3.54. The first kappa shape index (κ1) is 13.1. The van der Waals surface area contributed by atoms with E-state index in [0.29, 0.717) is 0 Å². The molecule has 18 heavy (non-hydrogen) atoms. The fraction of sp³-hybridized carbons (Fsp3) is 0.500. The van der Waals surface area contributed by atoms with Crippen LogP contribution in [0.5, 0.6) is 0 Å². The molecule has 1 saturated carbocycles. The van der Waals surface area contributed by atoms with Gasteiger partial charge in [-0.2, -0.15) is 0 Å². The van der Waals surface area contributed by atoms with Crippen LogP contribution in [-0.2, 0) is 4.79 Å². The minimum atomic E-state index is -0.324. The van der Waals surface area contributed by atoms with E-state index in [-0.39, 0.29) is 30.5 Å². The van der Waals surface area contributed by atoms with Gasteiger partial charge in [0.1, 0.15) is 0 Å². The van der Waals surface area contributed by atoms with E-state index >= 15 is 0 Å². The van der Waals surface area contributed by atoms with Gasteiger partial charge in [-0.1, -0.05) is 30.3 Å². The average molecular weight is 248 g/mol. The summed E-state index contributed by atoms with van der Waals surface area (Å²) in [7, 11) is 0. The maximum Gasteiger partial charge on any atom is 0.223 e. The number of rotatable bonds is 4. The van der Waals surface area contributed by atoms with Crippen molar-refractivity contribution in [3.8, 4) is 0 Å². The van der Waals surface area contributed by atoms with Crippen molar-refractivity contribution in [3.05, 3.63) is 35.9 Å². The molecule has 1 aromatic carbocycles. The predicted molar refractivity (Wildman–Crippen MR) is 69.7 cm³/mol. The molecule has 4 N–H and O–H groups in total. The quantitative estimate of drug-likeness (QED) is 0.743. The Morgan fingerprint density at radius 3 is 2.67 bits per heavy atom. The number of benzene rings is 1. The van der Waals surface area contributed by atoms with Gasteiger partial charge in [-0.25, -0.2) is 0 Å². The van der Waals surface area contributed by atoms with Crippen LogP contribution in [0, 0.1) is 5.92 Å². The number of hydrogen-bond acceptors (Lipinski definition) is 3. The summed E-state index contributed by atoms with van der Waals surface area (Å²) in [5, 5.41) is 12.3. The number of hydrogen-bond donors (Lipinski definition) is 3. The Bertz CT molecular complexity index is 394. The Labute approximate surface area is 107 Å². The molecule has 0 saturated heterocycles. The molecule has 0 bridgehead atoms. The molecule has 1 fully saturated rings. The van der Waals surface area contributed by atoms with E-state index in [4.69, 9.17) is 5.73 Å². The zero-order chi connectivity index (χ0) is 13.0. The highest BCUT2D eigenvalue weighted by molar-refractivity contribution is 5.79. The number of amides is 1. The van der Waals surface area contributed by atoms with Gasteiger partial charge in [0.05, 0.1) is 12.6 Å². The van der Waals surface area contributed by atoms with E-state index in [1.54, 1.807) is 0 Å². The molecule has 4 heteroatoms. The van der Waals surface area contributed by atoms with Gasteiger partial charge < -0.3 is 16.2 Å². The monoisotopic (exact) mass is 248 g/mol. The molecule has 0 spiro atoms. The molecular weight excluding hydrogens is 228 g/mol. The van der Waals surface area contributed by atoms with E-state index in [2.05, 4.69) is 5.32 Å². The lowest BCUT2D eigenvalue weighted by atomic mass is 10.0. The zero-order valence-electron chi connectivity index (χ0n) is 10.4. The molecule has 0 radical (unpaired) electrons. The second-order valence-electron chi connectivity index (χ2n) is 4.92. The third-order valence-electron chi connectivity index (χ3n) is 3.54. The van der Waals surface area contributed by atoms with Crippen molar-refractivity contribution < 1.29 is 9.90 Å². The Balaban J connectivity index is 1.96. The number of nitrogens with one attached hydrogen (secondary N) is 1. The second kappa shape index (κ2) is 5.98. The highest BCUT2D eigenvalue weighted by Crippen LogP contribution is 2.25. The van der Waals surface area contributed by atoms with Gasteiger partial charge in [0.25, 0.3) is 0 Å². The van der Waals surface area contributed by atoms with Crippen LogP contribution in [-0.4, -0.2) is 23.7 Å². The summed E-state index contributed by atoms with van der Waals surface area (Å²) in [5.41, 5.74) is 6.73. The highest BCUT2D eigenvalue weighted by atomic mass is 16.3. The molecule has 1 aliphatic carbocycles. The topological polar surface area (TPSA) is 75.4 Å². The van der Waals surface area contributed by atoms with Crippen LogP contribution >= 0.6 is 0 Å². The van der Waals surface area contributed by atoms with Crippen LogP contribution in [0.1, 0.15) is 30.9 Å². The summed E-state index contributed by atoms with van der Waals surface area (Å²) in [5.74, 6) is 0.00335. The largest absolute Gasteiger partial charge is 0.394 e. The molecule has 4 nitrogen and oxygen atoms in total. The van der Waals surface area contributed by atoms with Gasteiger partial charge >= 0.3 is 0 Å². The van der Waals surface area contributed by atoms with E-state index in [9.17, 15) is 9.90 Å². The van der Waals surface area contributed by atoms with Gasteiger partial charge in [0, 0.05) is 12.0 Å². The minimum Gasteiger partial charge on any atom is -0.394 e. The Morgan fingerprint density at radius 1 is 1.39 bits per heavy atom. The first-order chi connectivity index (χ1) is 8.70. The lowest BCUT2D eigenvalue weighted by molar-refractivity contribution is -0.125. The minimum absolute atomic E-state index is 0.00207. The van der Waals surface area contributed by atoms with E-state index in [1.807, 2.05) is 30.3 Å². The summed E-state index contributed by atoms with van der Waals surface area (Å²) in [6.45, 7) is -0.0888. The summed E-state index contributed by atoms with van der Waals surface area (Å²) < 4.78 is 0. The standard InChI is InChI=1S/C14H20N2O2/c15-12-7-6-11(8-12)14(18)16-13(9-17)10-4-2-1-3-5-10/h1-5,11-13,17H,6-9,15H2,(H,16,18)/t11?,12?,13-/m0/s1. The molecule has 0 heterocycles. The molecule has 1 aliphatic rings. The van der Waals surface area contributed by atoms with Crippen molar-refractivity contribution in [2.45, 2.75) is 31.3 Å². The first-order valence-electron chi connectivity index (χ1n) is 6.42. The average Bonchev–Trinajstić information content (AvgIpc) is 2.83. The van der Waals surface area contributed by atoms with Crippen molar-refractivity contribution in [1.29, 1.82) is 0 Å². The van der Waals surface area contributed by atoms with Crippen LogP contribution in [0.25, 0.3) is 0 Å². The highest BCUT2D eigenvalue weighted by Gasteiger charge is 2.29. The molecule has 0 aliphatic heterocycles. The lowest BCUT2D eigenvalue weighted by Gasteiger charge is -2.19. The first-order valence-corrected chi connectivity index (χ1v) is 6.42. The fourth-order valence-corrected chi connectivity index (χ4v) is 2.46. The van der Waals surface area contributed by atoms with Crippen LogP contribution < -0.4 is 11.1 Å². The van der Waals surface area contributed by atoms with Crippen molar-refractivity contribution in [3.63, 3.8) is 0 Å². The predicted octanol–water partition coefficient (Wildman–Crippen LogP) is 0.964. The molecule has 3 atom stereocenters. The van der Waals surface area contributed by atoms with Gasteiger partial charge in [-0.15, -0.1) is 0 Å². The molecular formula is C14H20N2O2. The smallest absolute Gasteiger partial charge is 0.223 e. The van der Waals surface area contributed by atoms with Gasteiger partial charge in [0.2, 0.25) is 5.91 Å². The summed E-state index contributed by atoms with van der Waals surface area (Å²) in [6.07, 6.45) is 2.51. The molecule has 2 rings (SSSR count). The normalized spacial score (nSPS) is 24.8. The van der Waals surface area contributed by atoms with E-state index in [0.717, 1.165) is 24.8 Å². The number of carbonyl (C=O) groups is 1. The number of carbonyl (C=O) groups excluding carboxylic acids is 1. The number of aliphatic hydroxyl groups excluding tert-OH is 1. The van der Waals surface area contributed by atoms with Crippen LogP contribution in [0.3, 0.4) is 0 Å². The Kier molecular flexibility index (Phi) is 4.33.